The third kappa shape index (κ3) is 1.83. The maximum absolute atomic E-state index is 12.5. The summed E-state index contributed by atoms with van der Waals surface area (Å²) < 4.78 is 38.9. The minimum absolute atomic E-state index is 0.178. The number of nitrogens with zero attached hydrogens (tertiary/aromatic N) is 5. The van der Waals surface area contributed by atoms with E-state index in [0.717, 1.165) is 0 Å². The fraction of sp³-hybridized carbons (Fsp3) is 0.375. The molecule has 9 heteroatoms. The molecule has 2 aromatic rings. The quantitative estimate of drug-likeness (QED) is 0.756. The highest BCUT2D eigenvalue weighted by Crippen LogP contribution is 2.27. The smallest absolute Gasteiger partial charge is 0.334 e. The number of nitrogen functional groups attached to an aromatic ring is 1. The summed E-state index contributed by atoms with van der Waals surface area (Å²) in [6.45, 7) is 3.40. The number of alkyl halides is 3. The normalized spacial score (nSPS) is 12.1. The Morgan fingerprint density at radius 2 is 1.88 bits per heavy atom. The molecule has 0 aliphatic heterocycles. The van der Waals surface area contributed by atoms with Crippen molar-refractivity contribution >= 4 is 0 Å². The summed E-state index contributed by atoms with van der Waals surface area (Å²) in [5, 5.41) is 10.4. The molecule has 0 spiro atoms. The van der Waals surface area contributed by atoms with Crippen molar-refractivity contribution in [3.63, 3.8) is 0 Å². The number of aryl methyl sites for hydroxylation is 2. The summed E-state index contributed by atoms with van der Waals surface area (Å²) in [6.07, 6.45) is -4.64. The first kappa shape index (κ1) is 11.4. The van der Waals surface area contributed by atoms with Gasteiger partial charge < -0.3 is 5.84 Å². The number of nitrogens with two attached hydrogens (primary N) is 1. The molecule has 0 saturated heterocycles. The van der Waals surface area contributed by atoms with Crippen LogP contribution in [-0.2, 0) is 6.18 Å². The van der Waals surface area contributed by atoms with E-state index in [4.69, 9.17) is 5.84 Å². The fourth-order valence-electron chi connectivity index (χ4n) is 1.45. The first-order valence-electron chi connectivity index (χ1n) is 4.62. The van der Waals surface area contributed by atoms with Crippen LogP contribution in [0.5, 0.6) is 0 Å². The lowest BCUT2D eigenvalue weighted by atomic mass is 10.4. The van der Waals surface area contributed by atoms with E-state index in [2.05, 4.69) is 15.3 Å². The van der Waals surface area contributed by atoms with Gasteiger partial charge in [-0.3, -0.25) is 0 Å². The van der Waals surface area contributed by atoms with Gasteiger partial charge in [0.15, 0.2) is 0 Å². The van der Waals surface area contributed by atoms with Crippen LogP contribution in [0, 0.1) is 13.8 Å². The van der Waals surface area contributed by atoms with Gasteiger partial charge >= 0.3 is 6.18 Å². The first-order valence-corrected chi connectivity index (χ1v) is 4.62. The molecule has 0 radical (unpaired) electrons. The fourth-order valence-corrected chi connectivity index (χ4v) is 1.45. The molecule has 0 saturated carbocycles. The zero-order chi connectivity index (χ0) is 12.8. The third-order valence-corrected chi connectivity index (χ3v) is 2.13. The molecule has 0 aromatic carbocycles. The summed E-state index contributed by atoms with van der Waals surface area (Å²) in [6, 6.07) is 1.70. The van der Waals surface area contributed by atoms with Crippen LogP contribution in [0.1, 0.15) is 17.2 Å². The van der Waals surface area contributed by atoms with Crippen LogP contribution in [-0.4, -0.2) is 24.7 Å². The molecule has 2 rings (SSSR count). The molecule has 2 aromatic heterocycles. The van der Waals surface area contributed by atoms with Gasteiger partial charge in [-0.25, -0.2) is 9.36 Å². The second kappa shape index (κ2) is 3.47. The van der Waals surface area contributed by atoms with E-state index < -0.39 is 12.0 Å². The molecule has 2 heterocycles. The third-order valence-electron chi connectivity index (χ3n) is 2.13. The van der Waals surface area contributed by atoms with Crippen LogP contribution in [0.4, 0.5) is 13.2 Å². The van der Waals surface area contributed by atoms with E-state index in [1.54, 1.807) is 19.9 Å². The number of halogens is 3. The number of rotatable bonds is 1. The minimum Gasteiger partial charge on any atom is -0.334 e. The minimum atomic E-state index is -4.64. The Balaban J connectivity index is 2.55. The van der Waals surface area contributed by atoms with Crippen molar-refractivity contribution in [1.29, 1.82) is 0 Å². The monoisotopic (exact) mass is 246 g/mol. The molecule has 2 N–H and O–H groups in total. The van der Waals surface area contributed by atoms with Crippen LogP contribution in [0.2, 0.25) is 0 Å². The molecule has 0 unspecified atom stereocenters. The summed E-state index contributed by atoms with van der Waals surface area (Å²) in [4.78, 5) is 0. The van der Waals surface area contributed by atoms with Crippen molar-refractivity contribution in [2.24, 2.45) is 0 Å². The predicted octanol–water partition coefficient (Wildman–Crippen LogP) is 0.813. The molecule has 17 heavy (non-hydrogen) atoms. The lowest BCUT2D eigenvalue weighted by Gasteiger charge is -2.06. The average molecular weight is 246 g/mol. The highest BCUT2D eigenvalue weighted by Gasteiger charge is 2.38. The molecular formula is C8H9F3N6. The van der Waals surface area contributed by atoms with Crippen molar-refractivity contribution < 1.29 is 13.2 Å². The molecular weight excluding hydrogens is 237 g/mol. The Bertz CT molecular complexity index is 552. The Morgan fingerprint density at radius 1 is 1.24 bits per heavy atom. The zero-order valence-corrected chi connectivity index (χ0v) is 9.02. The van der Waals surface area contributed by atoms with Gasteiger partial charge in [-0.2, -0.15) is 18.3 Å². The topological polar surface area (TPSA) is 74.5 Å². The molecule has 0 atom stereocenters. The van der Waals surface area contributed by atoms with Gasteiger partial charge in [-0.15, -0.1) is 10.2 Å². The number of hydrogen-bond donors (Lipinski definition) is 1. The van der Waals surface area contributed by atoms with Crippen LogP contribution in [0.15, 0.2) is 6.07 Å². The Kier molecular flexibility index (Phi) is 2.33. The molecule has 92 valence electrons. The van der Waals surface area contributed by atoms with Gasteiger partial charge in [0.25, 0.3) is 11.8 Å². The SMILES string of the molecule is Cc1cc(C)n(-c2nnc(C(F)(F)F)n2N)n1. The second-order valence-electron chi connectivity index (χ2n) is 3.53. The highest BCUT2D eigenvalue weighted by molar-refractivity contribution is 5.20. The van der Waals surface area contributed by atoms with E-state index in [1.165, 1.54) is 4.68 Å². The van der Waals surface area contributed by atoms with E-state index in [1.807, 2.05) is 0 Å². The van der Waals surface area contributed by atoms with Crippen LogP contribution >= 0.6 is 0 Å². The first-order chi connectivity index (χ1) is 7.80. The van der Waals surface area contributed by atoms with Gasteiger partial charge in [0, 0.05) is 5.69 Å². The number of aromatic nitrogens is 5. The lowest BCUT2D eigenvalue weighted by Crippen LogP contribution is -2.23. The van der Waals surface area contributed by atoms with Gasteiger partial charge in [0.2, 0.25) is 0 Å². The van der Waals surface area contributed by atoms with Crippen LogP contribution in [0.25, 0.3) is 5.95 Å². The Morgan fingerprint density at radius 3 is 2.29 bits per heavy atom. The van der Waals surface area contributed by atoms with Crippen LogP contribution in [0.3, 0.4) is 0 Å². The van der Waals surface area contributed by atoms with Gasteiger partial charge in [0.1, 0.15) is 0 Å². The van der Waals surface area contributed by atoms with Crippen molar-refractivity contribution in [2.75, 3.05) is 5.84 Å². The van der Waals surface area contributed by atoms with E-state index in [9.17, 15) is 13.2 Å². The lowest BCUT2D eigenvalue weighted by molar-refractivity contribution is -0.146. The molecule has 0 fully saturated rings. The second-order valence-corrected chi connectivity index (χ2v) is 3.53. The van der Waals surface area contributed by atoms with Crippen molar-refractivity contribution in [1.82, 2.24) is 24.7 Å². The molecule has 0 aliphatic rings. The summed E-state index contributed by atoms with van der Waals surface area (Å²) in [7, 11) is 0. The summed E-state index contributed by atoms with van der Waals surface area (Å²) >= 11 is 0. The Labute approximate surface area is 93.8 Å². The highest BCUT2D eigenvalue weighted by atomic mass is 19.4. The van der Waals surface area contributed by atoms with Crippen LogP contribution < -0.4 is 5.84 Å². The van der Waals surface area contributed by atoms with Crippen molar-refractivity contribution in [3.05, 3.63) is 23.3 Å². The summed E-state index contributed by atoms with van der Waals surface area (Å²) in [5.41, 5.74) is 1.27. The average Bonchev–Trinajstić information content (AvgIpc) is 2.68. The predicted molar refractivity (Wildman–Crippen MR) is 51.8 cm³/mol. The molecule has 0 amide bonds. The molecule has 6 nitrogen and oxygen atoms in total. The van der Waals surface area contributed by atoms with Gasteiger partial charge in [-0.05, 0) is 19.9 Å². The molecule has 0 bridgehead atoms. The largest absolute Gasteiger partial charge is 0.453 e. The maximum Gasteiger partial charge on any atom is 0.453 e. The van der Waals surface area contributed by atoms with E-state index >= 15 is 0 Å². The van der Waals surface area contributed by atoms with Gasteiger partial charge in [0.05, 0.1) is 5.69 Å². The maximum atomic E-state index is 12.5. The number of hydrogen-bond acceptors (Lipinski definition) is 4. The Hall–Kier alpha value is -2.06. The van der Waals surface area contributed by atoms with Gasteiger partial charge in [-0.1, -0.05) is 0 Å². The van der Waals surface area contributed by atoms with Crippen molar-refractivity contribution in [3.8, 4) is 5.95 Å². The summed E-state index contributed by atoms with van der Waals surface area (Å²) in [5.74, 6) is 3.87. The van der Waals surface area contributed by atoms with Crippen molar-refractivity contribution in [2.45, 2.75) is 20.0 Å². The standard InChI is InChI=1S/C8H9F3N6/c1-4-3-5(2)17(15-4)7-14-13-6(16(7)12)8(9,10)11/h3H,12H2,1-2H3. The molecule has 0 aliphatic carbocycles. The zero-order valence-electron chi connectivity index (χ0n) is 9.02. The van der Waals surface area contributed by atoms with E-state index in [0.29, 0.717) is 16.1 Å². The van der Waals surface area contributed by atoms with E-state index in [-0.39, 0.29) is 5.95 Å².